The SMILES string of the molecule is CCCS(=O)(=O)Nc1cccc(NC(=O)/C=C/c2cccc(OCc3ccccc3)c2)c1C. The minimum atomic E-state index is -3.41. The van der Waals surface area contributed by atoms with Crippen LogP contribution in [0.1, 0.15) is 30.0 Å². The molecule has 3 rings (SSSR count). The van der Waals surface area contributed by atoms with Crippen molar-refractivity contribution in [3.05, 3.63) is 95.6 Å². The largest absolute Gasteiger partial charge is 0.489 e. The molecule has 2 N–H and O–H groups in total. The molecule has 0 heterocycles. The lowest BCUT2D eigenvalue weighted by molar-refractivity contribution is -0.111. The highest BCUT2D eigenvalue weighted by atomic mass is 32.2. The lowest BCUT2D eigenvalue weighted by atomic mass is 10.1. The molecule has 0 atom stereocenters. The predicted octanol–water partition coefficient (Wildman–Crippen LogP) is 5.38. The number of hydrogen-bond acceptors (Lipinski definition) is 4. The highest BCUT2D eigenvalue weighted by Gasteiger charge is 2.12. The first kappa shape index (κ1) is 24.1. The summed E-state index contributed by atoms with van der Waals surface area (Å²) < 4.78 is 32.6. The van der Waals surface area contributed by atoms with Gasteiger partial charge in [0.05, 0.1) is 11.4 Å². The van der Waals surface area contributed by atoms with E-state index < -0.39 is 10.0 Å². The van der Waals surface area contributed by atoms with E-state index in [1.54, 1.807) is 38.1 Å². The van der Waals surface area contributed by atoms with Gasteiger partial charge in [0, 0.05) is 11.8 Å². The number of anilines is 2. The molecule has 33 heavy (non-hydrogen) atoms. The number of carbonyl (C=O) groups excluding carboxylic acids is 1. The molecular formula is C26H28N2O4S. The minimum Gasteiger partial charge on any atom is -0.489 e. The Morgan fingerprint density at radius 2 is 1.70 bits per heavy atom. The molecule has 0 fully saturated rings. The van der Waals surface area contributed by atoms with Crippen LogP contribution in [0.2, 0.25) is 0 Å². The molecule has 0 aromatic heterocycles. The Hall–Kier alpha value is -3.58. The molecule has 0 aliphatic rings. The van der Waals surface area contributed by atoms with Gasteiger partial charge in [-0.25, -0.2) is 8.42 Å². The summed E-state index contributed by atoms with van der Waals surface area (Å²) in [4.78, 5) is 12.5. The molecule has 3 aromatic carbocycles. The number of ether oxygens (including phenoxy) is 1. The molecule has 0 aliphatic heterocycles. The lowest BCUT2D eigenvalue weighted by Gasteiger charge is -2.13. The Bertz CT molecular complexity index is 1220. The summed E-state index contributed by atoms with van der Waals surface area (Å²) in [5.41, 5.74) is 3.55. The topological polar surface area (TPSA) is 84.5 Å². The Morgan fingerprint density at radius 3 is 2.45 bits per heavy atom. The molecule has 6 nitrogen and oxygen atoms in total. The Balaban J connectivity index is 1.63. The monoisotopic (exact) mass is 464 g/mol. The summed E-state index contributed by atoms with van der Waals surface area (Å²) in [6.45, 7) is 4.03. The summed E-state index contributed by atoms with van der Waals surface area (Å²) in [6, 6.07) is 22.5. The molecule has 0 unspecified atom stereocenters. The first-order chi connectivity index (χ1) is 15.9. The van der Waals surface area contributed by atoms with Gasteiger partial charge in [0.15, 0.2) is 0 Å². The van der Waals surface area contributed by atoms with Gasteiger partial charge in [-0.2, -0.15) is 0 Å². The van der Waals surface area contributed by atoms with Crippen molar-refractivity contribution >= 4 is 33.4 Å². The number of hydrogen-bond donors (Lipinski definition) is 2. The maximum absolute atomic E-state index is 12.5. The Labute approximate surface area is 195 Å². The number of sulfonamides is 1. The highest BCUT2D eigenvalue weighted by Crippen LogP contribution is 2.24. The standard InChI is InChI=1S/C26H28N2O4S/c1-3-17-33(30,31)28-25-14-8-13-24(20(25)2)27-26(29)16-15-21-11-7-12-23(18-21)32-19-22-9-5-4-6-10-22/h4-16,18,28H,3,17,19H2,1-2H3,(H,27,29)/b16-15+. The number of carbonyl (C=O) groups is 1. The van der Waals surface area contributed by atoms with E-state index in [4.69, 9.17) is 4.74 Å². The van der Waals surface area contributed by atoms with E-state index in [1.807, 2.05) is 54.6 Å². The number of benzene rings is 3. The second kappa shape index (κ2) is 11.3. The van der Waals surface area contributed by atoms with Gasteiger partial charge in [-0.1, -0.05) is 55.5 Å². The van der Waals surface area contributed by atoms with E-state index in [-0.39, 0.29) is 11.7 Å². The third kappa shape index (κ3) is 7.50. The summed E-state index contributed by atoms with van der Waals surface area (Å²) >= 11 is 0. The fourth-order valence-corrected chi connectivity index (χ4v) is 4.36. The van der Waals surface area contributed by atoms with Gasteiger partial charge < -0.3 is 10.1 Å². The van der Waals surface area contributed by atoms with Crippen LogP contribution in [0.3, 0.4) is 0 Å². The Kier molecular flexibility index (Phi) is 8.27. The van der Waals surface area contributed by atoms with E-state index >= 15 is 0 Å². The molecule has 172 valence electrons. The molecular weight excluding hydrogens is 436 g/mol. The molecule has 0 spiro atoms. The van der Waals surface area contributed by atoms with E-state index in [9.17, 15) is 13.2 Å². The third-order valence-electron chi connectivity index (χ3n) is 4.86. The van der Waals surface area contributed by atoms with Crippen LogP contribution in [0.5, 0.6) is 5.75 Å². The van der Waals surface area contributed by atoms with Crippen molar-refractivity contribution in [2.75, 3.05) is 15.8 Å². The summed E-state index contributed by atoms with van der Waals surface area (Å²) in [5.74, 6) is 0.437. The van der Waals surface area contributed by atoms with E-state index in [1.165, 1.54) is 6.08 Å². The second-order valence-corrected chi connectivity index (χ2v) is 9.41. The molecule has 0 saturated heterocycles. The van der Waals surface area contributed by atoms with E-state index in [0.717, 1.165) is 11.1 Å². The fraction of sp³-hybridized carbons (Fsp3) is 0.192. The van der Waals surface area contributed by atoms with Gasteiger partial charge in [0.25, 0.3) is 0 Å². The molecule has 0 radical (unpaired) electrons. The van der Waals surface area contributed by atoms with E-state index in [0.29, 0.717) is 35.7 Å². The average molecular weight is 465 g/mol. The normalized spacial score (nSPS) is 11.3. The van der Waals surface area contributed by atoms with Crippen LogP contribution in [-0.2, 0) is 21.4 Å². The first-order valence-electron chi connectivity index (χ1n) is 10.7. The van der Waals surface area contributed by atoms with Crippen LogP contribution in [0.4, 0.5) is 11.4 Å². The minimum absolute atomic E-state index is 0.0416. The van der Waals surface area contributed by atoms with Crippen molar-refractivity contribution in [2.24, 2.45) is 0 Å². The van der Waals surface area contributed by atoms with Gasteiger partial charge in [-0.05, 0) is 60.4 Å². The molecule has 1 amide bonds. The zero-order valence-corrected chi connectivity index (χ0v) is 19.6. The fourth-order valence-electron chi connectivity index (χ4n) is 3.16. The molecule has 3 aromatic rings. The van der Waals surface area contributed by atoms with Crippen molar-refractivity contribution in [2.45, 2.75) is 26.9 Å². The van der Waals surface area contributed by atoms with Crippen LogP contribution in [0, 0.1) is 6.92 Å². The number of nitrogens with one attached hydrogen (secondary N) is 2. The van der Waals surface area contributed by atoms with Crippen molar-refractivity contribution in [1.29, 1.82) is 0 Å². The maximum Gasteiger partial charge on any atom is 0.248 e. The lowest BCUT2D eigenvalue weighted by Crippen LogP contribution is -2.17. The van der Waals surface area contributed by atoms with Crippen LogP contribution in [0.25, 0.3) is 6.08 Å². The zero-order chi connectivity index (χ0) is 23.7. The van der Waals surface area contributed by atoms with Crippen LogP contribution < -0.4 is 14.8 Å². The number of rotatable bonds is 10. The Morgan fingerprint density at radius 1 is 0.970 bits per heavy atom. The highest BCUT2D eigenvalue weighted by molar-refractivity contribution is 7.92. The van der Waals surface area contributed by atoms with Crippen molar-refractivity contribution < 1.29 is 17.9 Å². The van der Waals surface area contributed by atoms with Crippen molar-refractivity contribution in [1.82, 2.24) is 0 Å². The van der Waals surface area contributed by atoms with Gasteiger partial charge in [0.1, 0.15) is 12.4 Å². The second-order valence-electron chi connectivity index (χ2n) is 7.57. The number of amides is 1. The predicted molar refractivity (Wildman–Crippen MR) is 134 cm³/mol. The van der Waals surface area contributed by atoms with E-state index in [2.05, 4.69) is 10.0 Å². The van der Waals surface area contributed by atoms with Gasteiger partial charge >= 0.3 is 0 Å². The van der Waals surface area contributed by atoms with Crippen LogP contribution in [-0.4, -0.2) is 20.1 Å². The van der Waals surface area contributed by atoms with Crippen molar-refractivity contribution in [3.8, 4) is 5.75 Å². The van der Waals surface area contributed by atoms with Gasteiger partial charge in [-0.3, -0.25) is 9.52 Å². The summed E-state index contributed by atoms with van der Waals surface area (Å²) in [5, 5.41) is 2.81. The average Bonchev–Trinajstić information content (AvgIpc) is 2.80. The smallest absolute Gasteiger partial charge is 0.248 e. The van der Waals surface area contributed by atoms with Gasteiger partial charge in [0.2, 0.25) is 15.9 Å². The third-order valence-corrected chi connectivity index (χ3v) is 6.34. The molecule has 0 aliphatic carbocycles. The summed E-state index contributed by atoms with van der Waals surface area (Å²) in [6.07, 6.45) is 3.66. The molecule has 7 heteroatoms. The molecule has 0 bridgehead atoms. The zero-order valence-electron chi connectivity index (χ0n) is 18.7. The van der Waals surface area contributed by atoms with Crippen LogP contribution >= 0.6 is 0 Å². The van der Waals surface area contributed by atoms with Gasteiger partial charge in [-0.15, -0.1) is 0 Å². The summed E-state index contributed by atoms with van der Waals surface area (Å²) in [7, 11) is -3.41. The first-order valence-corrected chi connectivity index (χ1v) is 12.4. The van der Waals surface area contributed by atoms with Crippen LogP contribution in [0.15, 0.2) is 78.9 Å². The maximum atomic E-state index is 12.5. The quantitative estimate of drug-likeness (QED) is 0.395. The molecule has 0 saturated carbocycles. The van der Waals surface area contributed by atoms with Crippen molar-refractivity contribution in [3.63, 3.8) is 0 Å².